The van der Waals surface area contributed by atoms with E-state index in [1.54, 1.807) is 0 Å². The maximum absolute atomic E-state index is 11.8. The number of aliphatic imine (C=N–C) groups is 1. The highest BCUT2D eigenvalue weighted by molar-refractivity contribution is 14.0. The fourth-order valence-corrected chi connectivity index (χ4v) is 4.68. The molecular formula is C21H33IN4OS. The molecule has 1 aromatic rings. The molecule has 28 heavy (non-hydrogen) atoms. The average molecular weight is 516 g/mol. The smallest absolute Gasteiger partial charge is 0.222 e. The van der Waals surface area contributed by atoms with Crippen LogP contribution in [0.3, 0.4) is 0 Å². The van der Waals surface area contributed by atoms with E-state index >= 15 is 0 Å². The molecule has 2 fully saturated rings. The quantitative estimate of drug-likeness (QED) is 0.329. The van der Waals surface area contributed by atoms with Gasteiger partial charge in [-0.1, -0.05) is 24.3 Å². The van der Waals surface area contributed by atoms with E-state index in [0.29, 0.717) is 25.6 Å². The van der Waals surface area contributed by atoms with Crippen LogP contribution in [-0.2, 0) is 17.9 Å². The van der Waals surface area contributed by atoms with Crippen molar-refractivity contribution in [3.05, 3.63) is 35.4 Å². The third-order valence-corrected chi connectivity index (χ3v) is 6.45. The number of benzene rings is 1. The number of hydrogen-bond acceptors (Lipinski definition) is 3. The molecule has 156 valence electrons. The number of thioether (sulfide) groups is 1. The molecule has 2 atom stereocenters. The average Bonchev–Trinajstić information content (AvgIpc) is 3.29. The van der Waals surface area contributed by atoms with Crippen LogP contribution in [0, 0.1) is 0 Å². The van der Waals surface area contributed by atoms with E-state index in [9.17, 15) is 4.79 Å². The summed E-state index contributed by atoms with van der Waals surface area (Å²) in [6, 6.07) is 8.98. The van der Waals surface area contributed by atoms with Crippen molar-refractivity contribution < 1.29 is 4.79 Å². The van der Waals surface area contributed by atoms with Gasteiger partial charge < -0.3 is 15.5 Å². The normalized spacial score (nSPS) is 22.3. The van der Waals surface area contributed by atoms with Gasteiger partial charge in [-0.2, -0.15) is 11.8 Å². The van der Waals surface area contributed by atoms with Crippen LogP contribution in [0.1, 0.15) is 50.2 Å². The van der Waals surface area contributed by atoms with Gasteiger partial charge in [-0.05, 0) is 50.0 Å². The molecule has 1 saturated carbocycles. The standard InChI is InChI=1S/C21H32N4OS.HI/c1-3-22-21(24-18-9-10-19(13-18)27-2)23-14-16-6-4-7-17(12-16)15-25-11-5-8-20(25)26;/h4,6-7,12,18-19H,3,5,8-11,13-15H2,1-2H3,(H2,22,23,24);1H. The lowest BCUT2D eigenvalue weighted by Gasteiger charge is -2.17. The highest BCUT2D eigenvalue weighted by Gasteiger charge is 2.24. The molecule has 0 bridgehead atoms. The second-order valence-electron chi connectivity index (χ2n) is 7.45. The van der Waals surface area contributed by atoms with E-state index in [0.717, 1.165) is 30.7 Å². The Morgan fingerprint density at radius 1 is 1.32 bits per heavy atom. The summed E-state index contributed by atoms with van der Waals surface area (Å²) in [6.07, 6.45) is 7.60. The third kappa shape index (κ3) is 6.83. The Kier molecular flexibility index (Phi) is 9.91. The number of amides is 1. The number of likely N-dealkylation sites (tertiary alicyclic amines) is 1. The predicted molar refractivity (Wildman–Crippen MR) is 129 cm³/mol. The van der Waals surface area contributed by atoms with Gasteiger partial charge in [-0.15, -0.1) is 24.0 Å². The third-order valence-electron chi connectivity index (χ3n) is 5.36. The van der Waals surface area contributed by atoms with Crippen molar-refractivity contribution in [1.82, 2.24) is 15.5 Å². The van der Waals surface area contributed by atoms with Gasteiger partial charge in [0.1, 0.15) is 0 Å². The summed E-state index contributed by atoms with van der Waals surface area (Å²) in [7, 11) is 0. The molecular weight excluding hydrogens is 483 g/mol. The van der Waals surface area contributed by atoms with Crippen LogP contribution < -0.4 is 10.6 Å². The molecule has 3 rings (SSSR count). The van der Waals surface area contributed by atoms with Gasteiger partial charge in [0, 0.05) is 37.3 Å². The predicted octanol–water partition coefficient (Wildman–Crippen LogP) is 3.77. The van der Waals surface area contributed by atoms with Gasteiger partial charge in [0.2, 0.25) is 5.91 Å². The summed E-state index contributed by atoms with van der Waals surface area (Å²) in [6.45, 7) is 5.21. The van der Waals surface area contributed by atoms with Crippen LogP contribution >= 0.6 is 35.7 Å². The highest BCUT2D eigenvalue weighted by Crippen LogP contribution is 2.28. The summed E-state index contributed by atoms with van der Waals surface area (Å²) < 4.78 is 0. The minimum atomic E-state index is 0. The Hall–Kier alpha value is -0.960. The zero-order chi connectivity index (χ0) is 19.1. The van der Waals surface area contributed by atoms with Crippen molar-refractivity contribution in [3.8, 4) is 0 Å². The van der Waals surface area contributed by atoms with Crippen LogP contribution in [0.15, 0.2) is 29.3 Å². The van der Waals surface area contributed by atoms with Gasteiger partial charge >= 0.3 is 0 Å². The topological polar surface area (TPSA) is 56.7 Å². The number of carbonyl (C=O) groups excluding carboxylic acids is 1. The van der Waals surface area contributed by atoms with Crippen molar-refractivity contribution >= 4 is 47.6 Å². The number of hydrogen-bond donors (Lipinski definition) is 2. The lowest BCUT2D eigenvalue weighted by atomic mass is 10.1. The second kappa shape index (κ2) is 11.9. The van der Waals surface area contributed by atoms with Crippen molar-refractivity contribution in [2.45, 2.75) is 63.4 Å². The van der Waals surface area contributed by atoms with E-state index in [4.69, 9.17) is 4.99 Å². The van der Waals surface area contributed by atoms with Crippen LogP contribution in [0.4, 0.5) is 0 Å². The zero-order valence-electron chi connectivity index (χ0n) is 16.9. The minimum absolute atomic E-state index is 0. The molecule has 2 unspecified atom stereocenters. The largest absolute Gasteiger partial charge is 0.357 e. The van der Waals surface area contributed by atoms with Crippen molar-refractivity contribution in [2.24, 2.45) is 4.99 Å². The number of nitrogens with one attached hydrogen (secondary N) is 2. The maximum Gasteiger partial charge on any atom is 0.222 e. The molecule has 1 aliphatic heterocycles. The molecule has 1 aliphatic carbocycles. The lowest BCUT2D eigenvalue weighted by molar-refractivity contribution is -0.128. The molecule has 2 N–H and O–H groups in total. The molecule has 1 saturated heterocycles. The Morgan fingerprint density at radius 2 is 2.14 bits per heavy atom. The van der Waals surface area contributed by atoms with E-state index in [1.807, 2.05) is 16.7 Å². The van der Waals surface area contributed by atoms with Gasteiger partial charge in [0.25, 0.3) is 0 Å². The highest BCUT2D eigenvalue weighted by atomic mass is 127. The Labute approximate surface area is 190 Å². The van der Waals surface area contributed by atoms with E-state index in [2.05, 4.69) is 48.1 Å². The number of guanidine groups is 1. The summed E-state index contributed by atoms with van der Waals surface area (Å²) >= 11 is 1.97. The SMILES string of the molecule is CCNC(=NCc1cccc(CN2CCCC2=O)c1)NC1CCC(SC)C1.I. The molecule has 7 heteroatoms. The summed E-state index contributed by atoms with van der Waals surface area (Å²) in [5.41, 5.74) is 2.37. The molecule has 2 aliphatic rings. The first kappa shape index (κ1) is 23.3. The fraction of sp³-hybridized carbons (Fsp3) is 0.619. The van der Waals surface area contributed by atoms with Gasteiger partial charge in [-0.3, -0.25) is 4.79 Å². The molecule has 0 spiro atoms. The summed E-state index contributed by atoms with van der Waals surface area (Å²) in [4.78, 5) is 18.6. The summed E-state index contributed by atoms with van der Waals surface area (Å²) in [5, 5.41) is 7.75. The van der Waals surface area contributed by atoms with Gasteiger partial charge in [-0.25, -0.2) is 4.99 Å². The first-order chi connectivity index (χ1) is 13.2. The van der Waals surface area contributed by atoms with E-state index in [-0.39, 0.29) is 29.9 Å². The Morgan fingerprint density at radius 3 is 2.82 bits per heavy atom. The Balaban J connectivity index is 0.00000280. The monoisotopic (exact) mass is 516 g/mol. The second-order valence-corrected chi connectivity index (χ2v) is 8.58. The van der Waals surface area contributed by atoms with Gasteiger partial charge in [0.05, 0.1) is 6.54 Å². The number of halogens is 1. The maximum atomic E-state index is 11.8. The first-order valence-corrected chi connectivity index (χ1v) is 11.4. The van der Waals surface area contributed by atoms with Crippen molar-refractivity contribution in [1.29, 1.82) is 0 Å². The minimum Gasteiger partial charge on any atom is -0.357 e. The molecule has 1 heterocycles. The van der Waals surface area contributed by atoms with Crippen molar-refractivity contribution in [2.75, 3.05) is 19.3 Å². The van der Waals surface area contributed by atoms with Crippen LogP contribution in [0.2, 0.25) is 0 Å². The van der Waals surface area contributed by atoms with E-state index < -0.39 is 0 Å². The summed E-state index contributed by atoms with van der Waals surface area (Å²) in [5.74, 6) is 1.18. The molecule has 5 nitrogen and oxygen atoms in total. The molecule has 0 radical (unpaired) electrons. The fourth-order valence-electron chi connectivity index (χ4n) is 3.89. The lowest BCUT2D eigenvalue weighted by Crippen LogP contribution is -2.42. The molecule has 0 aromatic heterocycles. The van der Waals surface area contributed by atoms with Crippen LogP contribution in [0.5, 0.6) is 0 Å². The Bertz CT molecular complexity index is 670. The van der Waals surface area contributed by atoms with E-state index in [1.165, 1.54) is 30.4 Å². The molecule has 1 aromatic carbocycles. The molecule has 1 amide bonds. The number of nitrogens with zero attached hydrogens (tertiary/aromatic N) is 2. The number of carbonyl (C=O) groups is 1. The van der Waals surface area contributed by atoms with Crippen molar-refractivity contribution in [3.63, 3.8) is 0 Å². The zero-order valence-corrected chi connectivity index (χ0v) is 20.1. The first-order valence-electron chi connectivity index (χ1n) is 10.1. The number of rotatable bonds is 7. The van der Waals surface area contributed by atoms with Crippen LogP contribution in [0.25, 0.3) is 0 Å². The van der Waals surface area contributed by atoms with Crippen LogP contribution in [-0.4, -0.2) is 47.4 Å². The van der Waals surface area contributed by atoms with Gasteiger partial charge in [0.15, 0.2) is 5.96 Å².